The minimum atomic E-state index is 0.298. The Bertz CT molecular complexity index is 2330. The average Bonchev–Trinajstić information content (AvgIpc) is 3.88. The maximum absolute atomic E-state index is 2.40. The first-order valence-electron chi connectivity index (χ1n) is 15.6. The van der Waals surface area contributed by atoms with Gasteiger partial charge in [-0.1, -0.05) is 68.4 Å². The summed E-state index contributed by atoms with van der Waals surface area (Å²) in [6.45, 7) is 4.62. The van der Waals surface area contributed by atoms with E-state index in [9.17, 15) is 0 Å². The molecule has 0 amide bonds. The van der Waals surface area contributed by atoms with Gasteiger partial charge in [0.2, 0.25) is 0 Å². The Kier molecular flexibility index (Phi) is 5.66. The molecule has 4 aromatic heterocycles. The first-order chi connectivity index (χ1) is 22.2. The van der Waals surface area contributed by atoms with Crippen LogP contribution in [0.3, 0.4) is 0 Å². The Labute approximate surface area is 261 Å². The molecular weight excluding hydrogens is 548 g/mol. The van der Waals surface area contributed by atoms with E-state index >= 15 is 0 Å². The van der Waals surface area contributed by atoms with Crippen molar-refractivity contribution in [2.75, 3.05) is 0 Å². The smallest absolute Gasteiger partial charge is 0.0622 e. The lowest BCUT2D eigenvalue weighted by Crippen LogP contribution is -2.06. The van der Waals surface area contributed by atoms with E-state index in [1.807, 2.05) is 0 Å². The fraction of sp³-hybridized carbons (Fsp3) is 0.0732. The van der Waals surface area contributed by atoms with Gasteiger partial charge in [-0.05, 0) is 78.7 Å². The largest absolute Gasteiger partial charge is 0.316 e. The topological polar surface area (TPSA) is 19.7 Å². The summed E-state index contributed by atoms with van der Waals surface area (Å²) < 4.78 is 9.37. The summed E-state index contributed by atoms with van der Waals surface area (Å²) in [6, 6.07) is 45.9. The third-order valence-electron chi connectivity index (χ3n) is 9.26. The molecule has 216 valence electrons. The minimum Gasteiger partial charge on any atom is -0.316 e. The molecule has 9 aromatic rings. The fourth-order valence-electron chi connectivity index (χ4n) is 7.28. The molecule has 0 aliphatic heterocycles. The molecule has 0 saturated carbocycles. The molecule has 4 heterocycles. The summed E-state index contributed by atoms with van der Waals surface area (Å²) in [7, 11) is 0. The number of para-hydroxylation sites is 2. The van der Waals surface area contributed by atoms with Crippen molar-refractivity contribution in [1.82, 2.24) is 18.3 Å². The van der Waals surface area contributed by atoms with Crippen molar-refractivity contribution in [3.63, 3.8) is 0 Å². The number of hydrogen-bond acceptors (Lipinski definition) is 0. The van der Waals surface area contributed by atoms with Crippen LogP contribution in [0.4, 0.5) is 0 Å². The van der Waals surface area contributed by atoms with Crippen molar-refractivity contribution in [2.24, 2.45) is 0 Å². The highest BCUT2D eigenvalue weighted by molar-refractivity contribution is 6.07. The van der Waals surface area contributed by atoms with Gasteiger partial charge >= 0.3 is 0 Å². The molecule has 0 aliphatic rings. The van der Waals surface area contributed by atoms with Crippen LogP contribution in [0.25, 0.3) is 66.4 Å². The van der Waals surface area contributed by atoms with E-state index in [0.717, 1.165) is 0 Å². The first kappa shape index (κ1) is 25.7. The monoisotopic (exact) mass is 580 g/mol. The van der Waals surface area contributed by atoms with E-state index in [0.29, 0.717) is 5.92 Å². The molecule has 0 spiro atoms. The van der Waals surface area contributed by atoms with Crippen LogP contribution in [0.2, 0.25) is 0 Å². The SMILES string of the molecule is CC(C)c1c(-n2ccc3ccc4c(ccn4-c4ccccc4)c32)cccc1-n1ccc2ccc3c(ccn3-c3ccccc3)c21. The fourth-order valence-corrected chi connectivity index (χ4v) is 7.28. The molecule has 0 unspecified atom stereocenters. The lowest BCUT2D eigenvalue weighted by Gasteiger charge is -2.21. The van der Waals surface area contributed by atoms with Crippen LogP contribution in [0, 0.1) is 0 Å². The first-order valence-corrected chi connectivity index (χ1v) is 15.6. The van der Waals surface area contributed by atoms with Gasteiger partial charge in [0.25, 0.3) is 0 Å². The van der Waals surface area contributed by atoms with Crippen molar-refractivity contribution in [2.45, 2.75) is 19.8 Å². The van der Waals surface area contributed by atoms with Crippen LogP contribution >= 0.6 is 0 Å². The van der Waals surface area contributed by atoms with Crippen LogP contribution in [-0.4, -0.2) is 18.3 Å². The molecule has 4 heteroatoms. The van der Waals surface area contributed by atoms with Gasteiger partial charge in [-0.15, -0.1) is 0 Å². The van der Waals surface area contributed by atoms with Crippen LogP contribution in [0.5, 0.6) is 0 Å². The van der Waals surface area contributed by atoms with Crippen molar-refractivity contribution >= 4 is 43.6 Å². The van der Waals surface area contributed by atoms with Gasteiger partial charge in [0.05, 0.1) is 33.4 Å². The predicted octanol–water partition coefficient (Wildman–Crippen LogP) is 10.6. The van der Waals surface area contributed by atoms with E-state index < -0.39 is 0 Å². The maximum atomic E-state index is 2.40. The van der Waals surface area contributed by atoms with Crippen molar-refractivity contribution in [1.29, 1.82) is 0 Å². The zero-order valence-corrected chi connectivity index (χ0v) is 25.3. The third-order valence-corrected chi connectivity index (χ3v) is 9.26. The number of rotatable bonds is 5. The summed E-state index contributed by atoms with van der Waals surface area (Å²) in [6.07, 6.45) is 8.85. The van der Waals surface area contributed by atoms with E-state index in [4.69, 9.17) is 0 Å². The van der Waals surface area contributed by atoms with Gasteiger partial charge in [-0.3, -0.25) is 0 Å². The lowest BCUT2D eigenvalue weighted by atomic mass is 9.98. The van der Waals surface area contributed by atoms with Gasteiger partial charge in [0.15, 0.2) is 0 Å². The van der Waals surface area contributed by atoms with Crippen LogP contribution in [0.15, 0.2) is 152 Å². The van der Waals surface area contributed by atoms with Crippen LogP contribution in [0.1, 0.15) is 25.3 Å². The predicted molar refractivity (Wildman–Crippen MR) is 188 cm³/mol. The standard InChI is InChI=1S/C41H32N4/c1-28(2)39-37(44-24-20-29-16-18-35-33(40(29)44)22-26-42(35)31-10-5-3-6-11-31)14-9-15-38(39)45-25-21-30-17-19-36-34(41(30)45)23-27-43(36)32-12-7-4-8-13-32/h3-28H,1-2H3. The van der Waals surface area contributed by atoms with Crippen molar-refractivity contribution in [3.05, 3.63) is 158 Å². The van der Waals surface area contributed by atoms with E-state index in [1.165, 1.54) is 71.9 Å². The minimum absolute atomic E-state index is 0.298. The number of hydrogen-bond donors (Lipinski definition) is 0. The number of aromatic nitrogens is 4. The quantitative estimate of drug-likeness (QED) is 0.193. The highest BCUT2D eigenvalue weighted by Gasteiger charge is 2.20. The van der Waals surface area contributed by atoms with Crippen molar-refractivity contribution in [3.8, 4) is 22.7 Å². The molecule has 5 aromatic carbocycles. The zero-order valence-electron chi connectivity index (χ0n) is 25.3. The number of benzene rings is 5. The summed E-state index contributed by atoms with van der Waals surface area (Å²) in [5.41, 5.74) is 11.0. The summed E-state index contributed by atoms with van der Waals surface area (Å²) in [4.78, 5) is 0. The molecule has 0 bridgehead atoms. The second-order valence-corrected chi connectivity index (χ2v) is 12.2. The van der Waals surface area contributed by atoms with Crippen LogP contribution in [-0.2, 0) is 0 Å². The van der Waals surface area contributed by atoms with E-state index in [1.54, 1.807) is 0 Å². The molecule has 0 radical (unpaired) electrons. The number of fused-ring (bicyclic) bond motifs is 6. The number of nitrogens with zero attached hydrogens (tertiary/aromatic N) is 4. The molecule has 0 fully saturated rings. The molecule has 0 N–H and O–H groups in total. The molecule has 0 saturated heterocycles. The normalized spacial score (nSPS) is 12.0. The second-order valence-electron chi connectivity index (χ2n) is 12.2. The van der Waals surface area contributed by atoms with Crippen molar-refractivity contribution < 1.29 is 0 Å². The zero-order chi connectivity index (χ0) is 30.1. The summed E-state index contributed by atoms with van der Waals surface area (Å²) in [5, 5.41) is 4.97. The summed E-state index contributed by atoms with van der Waals surface area (Å²) >= 11 is 0. The van der Waals surface area contributed by atoms with Crippen LogP contribution < -0.4 is 0 Å². The van der Waals surface area contributed by atoms with Gasteiger partial charge < -0.3 is 18.3 Å². The molecular formula is C41H32N4. The Morgan fingerprint density at radius 2 is 0.844 bits per heavy atom. The Balaban J connectivity index is 1.27. The molecule has 9 rings (SSSR count). The summed E-state index contributed by atoms with van der Waals surface area (Å²) in [5.74, 6) is 0.298. The van der Waals surface area contributed by atoms with E-state index in [2.05, 4.69) is 184 Å². The Morgan fingerprint density at radius 3 is 1.29 bits per heavy atom. The van der Waals surface area contributed by atoms with Gasteiger partial charge in [-0.2, -0.15) is 0 Å². The van der Waals surface area contributed by atoms with Gasteiger partial charge in [0, 0.05) is 63.3 Å². The average molecular weight is 581 g/mol. The van der Waals surface area contributed by atoms with E-state index in [-0.39, 0.29) is 0 Å². The highest BCUT2D eigenvalue weighted by Crippen LogP contribution is 2.38. The molecule has 0 aliphatic carbocycles. The maximum Gasteiger partial charge on any atom is 0.0622 e. The second kappa shape index (κ2) is 9.90. The van der Waals surface area contributed by atoms with Gasteiger partial charge in [-0.25, -0.2) is 0 Å². The molecule has 45 heavy (non-hydrogen) atoms. The highest BCUT2D eigenvalue weighted by atomic mass is 15.0. The molecule has 0 atom stereocenters. The third kappa shape index (κ3) is 3.85. The Morgan fingerprint density at radius 1 is 0.400 bits per heavy atom. The molecule has 4 nitrogen and oxygen atoms in total. The Hall–Kier alpha value is -5.74. The lowest BCUT2D eigenvalue weighted by molar-refractivity contribution is 0.837. The van der Waals surface area contributed by atoms with Gasteiger partial charge in [0.1, 0.15) is 0 Å².